The number of hydrogen-bond donors (Lipinski definition) is 1. The molecular weight excluding hydrogens is 202 g/mol. The van der Waals surface area contributed by atoms with E-state index in [9.17, 15) is 0 Å². The summed E-state index contributed by atoms with van der Waals surface area (Å²) in [7, 11) is 0. The average Bonchev–Trinajstić information content (AvgIpc) is 2.85. The summed E-state index contributed by atoms with van der Waals surface area (Å²) in [5.41, 5.74) is 7.47. The van der Waals surface area contributed by atoms with Crippen molar-refractivity contribution in [2.45, 2.75) is 18.4 Å². The molecule has 1 aliphatic carbocycles. The molecule has 0 radical (unpaired) electrons. The van der Waals surface area contributed by atoms with Crippen LogP contribution >= 0.6 is 11.3 Å². The minimum atomic E-state index is 0.0116. The maximum Gasteiger partial charge on any atom is 0.0505 e. The lowest BCUT2D eigenvalue weighted by Crippen LogP contribution is -2.16. The van der Waals surface area contributed by atoms with E-state index in [4.69, 9.17) is 5.73 Å². The van der Waals surface area contributed by atoms with Crippen LogP contribution in [0.3, 0.4) is 0 Å². The second kappa shape index (κ2) is 3.19. The maximum atomic E-state index is 6.17. The van der Waals surface area contributed by atoms with E-state index in [1.165, 1.54) is 15.3 Å². The topological polar surface area (TPSA) is 26.0 Å². The van der Waals surface area contributed by atoms with Crippen molar-refractivity contribution in [3.63, 3.8) is 0 Å². The molecule has 1 aromatic heterocycles. The monoisotopic (exact) mass is 215 g/mol. The largest absolute Gasteiger partial charge is 0.321 e. The van der Waals surface area contributed by atoms with Gasteiger partial charge in [-0.1, -0.05) is 30.3 Å². The molecule has 3 rings (SSSR count). The van der Waals surface area contributed by atoms with Gasteiger partial charge in [0.25, 0.3) is 0 Å². The zero-order valence-corrected chi connectivity index (χ0v) is 9.26. The first-order chi connectivity index (χ1) is 7.28. The summed E-state index contributed by atoms with van der Waals surface area (Å²) in [5, 5.41) is 0. The lowest BCUT2D eigenvalue weighted by atomic mass is 10.2. The third-order valence-electron chi connectivity index (χ3n) is 2.94. The van der Waals surface area contributed by atoms with Gasteiger partial charge < -0.3 is 5.73 Å². The van der Waals surface area contributed by atoms with Crippen LogP contribution in [-0.4, -0.2) is 0 Å². The Morgan fingerprint density at radius 3 is 2.40 bits per heavy atom. The van der Waals surface area contributed by atoms with Gasteiger partial charge in [0.15, 0.2) is 0 Å². The molecule has 0 amide bonds. The number of hydrogen-bond acceptors (Lipinski definition) is 2. The Hall–Kier alpha value is -1.12. The fourth-order valence-corrected chi connectivity index (χ4v) is 2.91. The molecule has 0 aliphatic heterocycles. The zero-order chi connectivity index (χ0) is 10.3. The van der Waals surface area contributed by atoms with E-state index in [0.717, 1.165) is 12.8 Å². The molecular formula is C13H13NS. The van der Waals surface area contributed by atoms with Gasteiger partial charge in [-0.3, -0.25) is 0 Å². The van der Waals surface area contributed by atoms with Crippen LogP contribution in [0.5, 0.6) is 0 Å². The molecule has 0 spiro atoms. The highest BCUT2D eigenvalue weighted by Crippen LogP contribution is 2.46. The summed E-state index contributed by atoms with van der Waals surface area (Å²) in [4.78, 5) is 2.66. The van der Waals surface area contributed by atoms with Crippen molar-refractivity contribution in [2.75, 3.05) is 0 Å². The second-order valence-electron chi connectivity index (χ2n) is 4.19. The quantitative estimate of drug-likeness (QED) is 0.816. The fourth-order valence-electron chi connectivity index (χ4n) is 1.74. The predicted molar refractivity (Wildman–Crippen MR) is 64.9 cm³/mol. The Labute approximate surface area is 93.6 Å². The third kappa shape index (κ3) is 1.60. The van der Waals surface area contributed by atoms with Gasteiger partial charge >= 0.3 is 0 Å². The second-order valence-corrected chi connectivity index (χ2v) is 5.27. The molecule has 1 saturated carbocycles. The van der Waals surface area contributed by atoms with Gasteiger partial charge in [-0.15, -0.1) is 11.3 Å². The van der Waals surface area contributed by atoms with Crippen LogP contribution in [0.4, 0.5) is 0 Å². The van der Waals surface area contributed by atoms with Crippen molar-refractivity contribution in [2.24, 2.45) is 5.73 Å². The molecule has 0 unspecified atom stereocenters. The summed E-state index contributed by atoms with van der Waals surface area (Å²) in [6.45, 7) is 0. The van der Waals surface area contributed by atoms with Crippen molar-refractivity contribution in [3.05, 3.63) is 47.3 Å². The van der Waals surface area contributed by atoms with Gasteiger partial charge in [0.1, 0.15) is 0 Å². The van der Waals surface area contributed by atoms with Crippen molar-refractivity contribution in [1.29, 1.82) is 0 Å². The van der Waals surface area contributed by atoms with Crippen LogP contribution in [0.25, 0.3) is 10.4 Å². The number of benzene rings is 1. The summed E-state index contributed by atoms with van der Waals surface area (Å²) in [6, 6.07) is 14.8. The fraction of sp³-hybridized carbons (Fsp3) is 0.231. The summed E-state index contributed by atoms with van der Waals surface area (Å²) in [5.74, 6) is 0. The lowest BCUT2D eigenvalue weighted by molar-refractivity contribution is 0.759. The predicted octanol–water partition coefficient (Wildman–Crippen LogP) is 3.36. The summed E-state index contributed by atoms with van der Waals surface area (Å²) >= 11 is 1.83. The van der Waals surface area contributed by atoms with Crippen LogP contribution in [0.1, 0.15) is 17.7 Å². The molecule has 0 atom stereocenters. The van der Waals surface area contributed by atoms with Crippen LogP contribution in [0.15, 0.2) is 42.5 Å². The Bertz CT molecular complexity index is 468. The average molecular weight is 215 g/mol. The van der Waals surface area contributed by atoms with Crippen molar-refractivity contribution < 1.29 is 0 Å². The first-order valence-corrected chi connectivity index (χ1v) is 6.04. The number of thiophene rings is 1. The van der Waals surface area contributed by atoms with E-state index in [1.807, 2.05) is 17.4 Å². The molecule has 2 heteroatoms. The molecule has 76 valence electrons. The van der Waals surface area contributed by atoms with Gasteiger partial charge in [-0.25, -0.2) is 0 Å². The Morgan fingerprint density at radius 2 is 1.73 bits per heavy atom. The van der Waals surface area contributed by atoms with Gasteiger partial charge in [-0.05, 0) is 30.5 Å². The molecule has 1 nitrogen and oxygen atoms in total. The van der Waals surface area contributed by atoms with Gasteiger partial charge in [0.05, 0.1) is 5.54 Å². The van der Waals surface area contributed by atoms with E-state index >= 15 is 0 Å². The van der Waals surface area contributed by atoms with E-state index in [-0.39, 0.29) is 5.54 Å². The van der Waals surface area contributed by atoms with Gasteiger partial charge in [0, 0.05) is 9.75 Å². The smallest absolute Gasteiger partial charge is 0.0505 e. The van der Waals surface area contributed by atoms with Crippen molar-refractivity contribution in [3.8, 4) is 10.4 Å². The highest BCUT2D eigenvalue weighted by Gasteiger charge is 2.41. The normalized spacial score (nSPS) is 17.7. The van der Waals surface area contributed by atoms with E-state index in [1.54, 1.807) is 0 Å². The van der Waals surface area contributed by atoms with Crippen molar-refractivity contribution in [1.82, 2.24) is 0 Å². The lowest BCUT2D eigenvalue weighted by Gasteiger charge is -2.03. The third-order valence-corrected chi connectivity index (χ3v) is 4.30. The SMILES string of the molecule is NC1(c2ccc(-c3ccccc3)s2)CC1. The number of rotatable bonds is 2. The minimum absolute atomic E-state index is 0.0116. The Balaban J connectivity index is 1.97. The van der Waals surface area contributed by atoms with Crippen LogP contribution in [0, 0.1) is 0 Å². The molecule has 0 bridgehead atoms. The molecule has 1 aliphatic rings. The standard InChI is InChI=1S/C13H13NS/c14-13(8-9-13)12-7-6-11(15-12)10-4-2-1-3-5-10/h1-7H,8-9,14H2. The molecule has 2 N–H and O–H groups in total. The molecule has 1 fully saturated rings. The van der Waals surface area contributed by atoms with Crippen LogP contribution in [0.2, 0.25) is 0 Å². The first kappa shape index (κ1) is 9.13. The molecule has 0 saturated heterocycles. The van der Waals surface area contributed by atoms with Crippen LogP contribution in [-0.2, 0) is 5.54 Å². The molecule has 1 heterocycles. The summed E-state index contributed by atoms with van der Waals surface area (Å²) in [6.07, 6.45) is 2.28. The Kier molecular flexibility index (Phi) is 1.94. The Morgan fingerprint density at radius 1 is 1.00 bits per heavy atom. The zero-order valence-electron chi connectivity index (χ0n) is 8.44. The highest BCUT2D eigenvalue weighted by atomic mass is 32.1. The molecule has 15 heavy (non-hydrogen) atoms. The molecule has 1 aromatic carbocycles. The first-order valence-electron chi connectivity index (χ1n) is 5.23. The van der Waals surface area contributed by atoms with Crippen molar-refractivity contribution >= 4 is 11.3 Å². The molecule has 2 aromatic rings. The van der Waals surface area contributed by atoms with E-state index < -0.39 is 0 Å². The summed E-state index contributed by atoms with van der Waals surface area (Å²) < 4.78 is 0. The maximum absolute atomic E-state index is 6.17. The number of nitrogens with two attached hydrogens (primary N) is 1. The van der Waals surface area contributed by atoms with E-state index in [2.05, 4.69) is 36.4 Å². The highest BCUT2D eigenvalue weighted by molar-refractivity contribution is 7.15. The van der Waals surface area contributed by atoms with E-state index in [0.29, 0.717) is 0 Å². The van der Waals surface area contributed by atoms with Crippen LogP contribution < -0.4 is 5.73 Å². The minimum Gasteiger partial charge on any atom is -0.321 e. The van der Waals surface area contributed by atoms with Gasteiger partial charge in [0.2, 0.25) is 0 Å². The van der Waals surface area contributed by atoms with Gasteiger partial charge in [-0.2, -0.15) is 0 Å².